The highest BCUT2D eigenvalue weighted by atomic mass is 32.2. The first-order chi connectivity index (χ1) is 36.4. The summed E-state index contributed by atoms with van der Waals surface area (Å²) in [5.74, 6) is 0.406. The number of fused-ring (bicyclic) bond motifs is 3. The number of hydrogen-bond acceptors (Lipinski definition) is 16. The van der Waals surface area contributed by atoms with Crippen molar-refractivity contribution >= 4 is 113 Å². The van der Waals surface area contributed by atoms with E-state index in [-0.39, 0.29) is 94.3 Å². The Morgan fingerprint density at radius 3 is 1.14 bits per heavy atom. The van der Waals surface area contributed by atoms with Gasteiger partial charge in [0.1, 0.15) is 51.1 Å². The average Bonchev–Trinajstić information content (AvgIpc) is 3.44. The first kappa shape index (κ1) is 59.6. The van der Waals surface area contributed by atoms with Gasteiger partial charge in [-0.05, 0) is 81.2 Å². The molecule has 0 aromatic heterocycles. The van der Waals surface area contributed by atoms with Gasteiger partial charge in [-0.15, -0.1) is 27.7 Å². The van der Waals surface area contributed by atoms with Crippen LogP contribution in [0.5, 0.6) is 0 Å². The second-order valence-electron chi connectivity index (χ2n) is 17.2. The lowest BCUT2D eigenvalue weighted by molar-refractivity contribution is -0.276. The Kier molecular flexibility index (Phi) is 28.2. The summed E-state index contributed by atoms with van der Waals surface area (Å²) >= 11 is 4.90. The van der Waals surface area contributed by atoms with Gasteiger partial charge in [-0.3, -0.25) is 0 Å². The van der Waals surface area contributed by atoms with Gasteiger partial charge in [-0.1, -0.05) is 129 Å². The van der Waals surface area contributed by atoms with Gasteiger partial charge in [0, 0.05) is 57.5 Å². The maximum atomic E-state index is 11.0. The summed E-state index contributed by atoms with van der Waals surface area (Å²) in [6, 6.07) is 29.4. The van der Waals surface area contributed by atoms with E-state index in [2.05, 4.69) is 85.8 Å². The Labute approximate surface area is 468 Å². The lowest BCUT2D eigenvalue weighted by atomic mass is 9.89. The molecule has 6 N–H and O–H groups in total. The minimum atomic E-state index is -0.797. The van der Waals surface area contributed by atoms with Crippen LogP contribution in [0.15, 0.2) is 106 Å². The van der Waals surface area contributed by atoms with Crippen LogP contribution in [0, 0.1) is 11.8 Å². The van der Waals surface area contributed by atoms with Crippen molar-refractivity contribution < 1.29 is 57.5 Å². The molecule has 6 fully saturated rings. The molecule has 9 rings (SSSR count). The second kappa shape index (κ2) is 34.5. The quantitative estimate of drug-likeness (QED) is 0.0894. The zero-order valence-corrected chi connectivity index (χ0v) is 53.6. The maximum absolute atomic E-state index is 11.0. The van der Waals surface area contributed by atoms with Crippen LogP contribution in [0.1, 0.15) is 13.8 Å². The van der Waals surface area contributed by atoms with Gasteiger partial charge in [0.25, 0.3) is 0 Å². The predicted octanol–water partition coefficient (Wildman–Crippen LogP) is 8.49. The highest BCUT2D eigenvalue weighted by molar-refractivity contribution is 8.12. The SMILES string of the molecule is O.[3H]N(CP)C1[C@@H](C)[C@@H]2OC(PPC)OCC2O[C@H]1Sc1ccccc1.[3H]N(CP)C1[C@@H](C)[C@@H]2OC(PPC)OCC2O[C@H]1Sc1ccccc1.[3H]N(CP)C1[C@@H](O)[C@@H]2OC(PPC)OCC2O[C@H]1Sc1ccccc1. The number of thioether (sulfide) groups is 3. The molecule has 26 heteroatoms. The van der Waals surface area contributed by atoms with Crippen molar-refractivity contribution in [2.24, 2.45) is 11.8 Å². The summed E-state index contributed by atoms with van der Waals surface area (Å²) in [5.41, 5.74) is -0.595. The summed E-state index contributed by atoms with van der Waals surface area (Å²) in [6.07, 6.45) is -0.121. The van der Waals surface area contributed by atoms with Crippen molar-refractivity contribution in [2.75, 3.05) is 58.7 Å². The lowest BCUT2D eigenvalue weighted by Crippen LogP contribution is -2.65. The molecule has 0 saturated carbocycles. The van der Waals surface area contributed by atoms with Gasteiger partial charge >= 0.3 is 0 Å². The van der Waals surface area contributed by atoms with Gasteiger partial charge in [0.2, 0.25) is 0 Å². The van der Waals surface area contributed by atoms with Crippen molar-refractivity contribution in [1.29, 1.82) is 0 Å². The van der Waals surface area contributed by atoms with E-state index in [1.54, 1.807) is 34.1 Å². The number of rotatable bonds is 18. The van der Waals surface area contributed by atoms with Gasteiger partial charge in [0.05, 0.1) is 38.1 Å². The summed E-state index contributed by atoms with van der Waals surface area (Å²) in [5, 5.41) is 15.6. The molecule has 410 valence electrons. The van der Waals surface area contributed by atoms with E-state index in [0.29, 0.717) is 63.5 Å². The highest BCUT2D eigenvalue weighted by Crippen LogP contribution is 2.48. The van der Waals surface area contributed by atoms with E-state index in [4.69, 9.17) is 46.9 Å². The average molecular weight is 1240 g/mol. The van der Waals surface area contributed by atoms with Crippen molar-refractivity contribution in [1.82, 2.24) is 15.9 Å². The Morgan fingerprint density at radius 1 is 0.507 bits per heavy atom. The molecular formula is C47H78N3O11P9S3. The monoisotopic (exact) mass is 1240 g/mol. The molecule has 0 spiro atoms. The van der Waals surface area contributed by atoms with Crippen molar-refractivity contribution in [3.8, 4) is 0 Å². The van der Waals surface area contributed by atoms with Gasteiger partial charge in [-0.2, -0.15) is 0 Å². The summed E-state index contributed by atoms with van der Waals surface area (Å²) in [6.45, 7) is 12.4. The van der Waals surface area contributed by atoms with Gasteiger partial charge in [0.15, 0.2) is 18.1 Å². The molecule has 6 aliphatic rings. The predicted molar refractivity (Wildman–Crippen MR) is 327 cm³/mol. The van der Waals surface area contributed by atoms with E-state index in [9.17, 15) is 5.11 Å². The molecular weight excluding hydrogens is 1160 g/mol. The Hall–Kier alpha value is 2.02. The maximum Gasteiger partial charge on any atom is 0.177 e. The molecule has 0 aliphatic carbocycles. The van der Waals surface area contributed by atoms with Crippen molar-refractivity contribution in [2.45, 2.75) is 124 Å². The number of benzene rings is 3. The molecule has 27 atom stereocenters. The van der Waals surface area contributed by atoms with Crippen LogP contribution in [-0.2, 0) is 42.6 Å². The summed E-state index contributed by atoms with van der Waals surface area (Å²) in [7, 11) is 12.1. The van der Waals surface area contributed by atoms with E-state index in [0.717, 1.165) is 39.5 Å². The van der Waals surface area contributed by atoms with E-state index in [1.807, 2.05) is 66.7 Å². The smallest absolute Gasteiger partial charge is 0.177 e. The number of aliphatic hydroxyl groups is 1. The third-order valence-electron chi connectivity index (χ3n) is 12.5. The minimum Gasteiger partial charge on any atom is -0.412 e. The highest BCUT2D eigenvalue weighted by Gasteiger charge is 2.51. The van der Waals surface area contributed by atoms with Crippen molar-refractivity contribution in [3.05, 3.63) is 91.0 Å². The van der Waals surface area contributed by atoms with Crippen LogP contribution in [0.25, 0.3) is 0 Å². The Morgan fingerprint density at radius 2 is 0.808 bits per heavy atom. The number of aliphatic hydroxyl groups excluding tert-OH is 1. The standard InChI is InChI=1S/2C16H26NO3P3S.C15H24NO4P3S.H2O/c2*1-10-13(17-9-21)15(24-11-6-4-3-5-7-11)19-12-8-18-16(23-22-2)20-14(10)12;1-22-23-15-18-7-10-13(20-15)12(17)11(16-8-21)14(19-10)24-9-5-3-2-4-6-9;/h2*3-7,10,12-17,22-23H,8-9,21H2,1-2H3;2-6,10-17,22-23H,7-8,21H2,1H3;1H2/t2*10-,12?,13?,14+,15+,16?;10?,11?,12-,13-,14+,15?;/m111./s1/i/hT3. The van der Waals surface area contributed by atoms with Crippen LogP contribution in [-0.4, -0.2) is 165 Å². The molecule has 3 aromatic carbocycles. The third-order valence-corrected chi connectivity index (χ3v) is 23.8. The number of nitrogens with one attached hydrogen (secondary N) is 3. The number of hydrogen-bond donors (Lipinski definition) is 4. The third kappa shape index (κ3) is 18.8. The largest absolute Gasteiger partial charge is 0.412 e. The fraction of sp³-hybridized carbons (Fsp3) is 0.617. The number of ether oxygens (including phenoxy) is 9. The summed E-state index contributed by atoms with van der Waals surface area (Å²) in [4.78, 5) is 3.36. The zero-order valence-electron chi connectivity index (χ0n) is 44.7. The van der Waals surface area contributed by atoms with E-state index < -0.39 is 18.2 Å². The van der Waals surface area contributed by atoms with Crippen LogP contribution < -0.4 is 15.9 Å². The van der Waals surface area contributed by atoms with E-state index >= 15 is 0 Å². The van der Waals surface area contributed by atoms with Gasteiger partial charge in [-0.25, -0.2) is 0 Å². The second-order valence-corrected chi connectivity index (χ2v) is 32.7. The first-order valence-electron chi connectivity index (χ1n) is 25.5. The molecule has 6 heterocycles. The normalized spacial score (nSPS) is 37.6. The zero-order chi connectivity index (χ0) is 53.4. The van der Waals surface area contributed by atoms with Crippen LogP contribution in [0.2, 0.25) is 4.24 Å². The molecule has 6 aliphatic heterocycles. The molecule has 14 nitrogen and oxygen atoms in total. The van der Waals surface area contributed by atoms with Crippen LogP contribution >= 0.6 is 113 Å². The topological polar surface area (TPSA) is 171 Å². The Bertz CT molecular complexity index is 1870. The molecule has 6 saturated heterocycles. The fourth-order valence-corrected chi connectivity index (χ4v) is 18.9. The first-order valence-corrected chi connectivity index (χ1v) is 40.0. The molecule has 0 bridgehead atoms. The Balaban J connectivity index is 0.000000184. The summed E-state index contributed by atoms with van der Waals surface area (Å²) < 4.78 is 79.9. The van der Waals surface area contributed by atoms with Gasteiger partial charge < -0.3 is 69.1 Å². The lowest BCUT2D eigenvalue weighted by Gasteiger charge is -2.49. The van der Waals surface area contributed by atoms with Crippen LogP contribution in [0.4, 0.5) is 0 Å². The minimum absolute atomic E-state index is 0. The molecule has 0 amide bonds. The van der Waals surface area contributed by atoms with E-state index in [1.165, 1.54) is 17.1 Å². The fourth-order valence-electron chi connectivity index (χ4n) is 9.05. The van der Waals surface area contributed by atoms with Crippen LogP contribution in [0.3, 0.4) is 0 Å². The molecule has 18 unspecified atom stereocenters. The molecule has 73 heavy (non-hydrogen) atoms. The molecule has 0 radical (unpaired) electrons. The molecule has 3 aromatic rings. The van der Waals surface area contributed by atoms with Crippen molar-refractivity contribution in [3.63, 3.8) is 0 Å².